The number of pyridine rings is 1. The highest BCUT2D eigenvalue weighted by molar-refractivity contribution is 6.09. The number of ketones is 1. The maximum absolute atomic E-state index is 12.9. The van der Waals surface area contributed by atoms with Crippen molar-refractivity contribution in [1.82, 2.24) is 9.88 Å². The lowest BCUT2D eigenvalue weighted by Gasteiger charge is -2.28. The van der Waals surface area contributed by atoms with Gasteiger partial charge in [-0.15, -0.1) is 0 Å². The molecule has 146 valence electrons. The van der Waals surface area contributed by atoms with Crippen molar-refractivity contribution in [2.24, 2.45) is 5.92 Å². The third-order valence-electron chi connectivity index (χ3n) is 4.73. The van der Waals surface area contributed by atoms with E-state index in [4.69, 9.17) is 4.74 Å². The molecule has 6 heteroatoms. The normalized spacial score (nSPS) is 16.8. The second kappa shape index (κ2) is 8.25. The molecule has 1 unspecified atom stereocenters. The summed E-state index contributed by atoms with van der Waals surface area (Å²) >= 11 is 0. The number of aromatic nitrogens is 1. The third kappa shape index (κ3) is 3.76. The molecule has 1 aromatic carbocycles. The van der Waals surface area contributed by atoms with E-state index in [9.17, 15) is 14.7 Å². The number of carbonyl (C=O) groups excluding carboxylic acids is 2. The Labute approximate surface area is 164 Å². The van der Waals surface area contributed by atoms with Crippen LogP contribution in [0.1, 0.15) is 37.4 Å². The van der Waals surface area contributed by atoms with Gasteiger partial charge in [0.15, 0.2) is 11.5 Å². The number of rotatable bonds is 7. The number of para-hydroxylation sites is 1. The zero-order valence-corrected chi connectivity index (χ0v) is 16.3. The minimum Gasteiger partial charge on any atom is -0.503 e. The van der Waals surface area contributed by atoms with Gasteiger partial charge in [0.2, 0.25) is 0 Å². The summed E-state index contributed by atoms with van der Waals surface area (Å²) in [6.07, 6.45) is 3.54. The Hall–Kier alpha value is -3.15. The van der Waals surface area contributed by atoms with Crippen LogP contribution in [0.5, 0.6) is 5.75 Å². The molecule has 0 spiro atoms. The van der Waals surface area contributed by atoms with E-state index in [1.165, 1.54) is 4.90 Å². The van der Waals surface area contributed by atoms with Crippen LogP contribution in [0.15, 0.2) is 60.1 Å². The summed E-state index contributed by atoms with van der Waals surface area (Å²) in [6, 6.07) is 10.2. The predicted octanol–water partition coefficient (Wildman–Crippen LogP) is 3.60. The van der Waals surface area contributed by atoms with Gasteiger partial charge in [0.1, 0.15) is 5.75 Å². The van der Waals surface area contributed by atoms with Crippen molar-refractivity contribution in [3.05, 3.63) is 71.3 Å². The summed E-state index contributed by atoms with van der Waals surface area (Å²) < 4.78 is 5.47. The molecule has 1 aromatic heterocycles. The minimum atomic E-state index is -0.705. The molecule has 0 bridgehead atoms. The average molecular weight is 380 g/mol. The number of benzene rings is 1. The number of aliphatic hydroxyl groups excluding tert-OH is 1. The first-order valence-corrected chi connectivity index (χ1v) is 9.23. The molecule has 1 aliphatic heterocycles. The Morgan fingerprint density at radius 2 is 1.89 bits per heavy atom. The molecule has 1 atom stereocenters. The number of hydrogen-bond donors (Lipinski definition) is 1. The molecule has 0 aliphatic carbocycles. The molecule has 0 saturated carbocycles. The van der Waals surface area contributed by atoms with Crippen molar-refractivity contribution in [3.8, 4) is 5.75 Å². The third-order valence-corrected chi connectivity index (χ3v) is 4.73. The second-order valence-corrected chi connectivity index (χ2v) is 7.22. The lowest BCUT2D eigenvalue weighted by Crippen LogP contribution is -2.31. The van der Waals surface area contributed by atoms with Crippen LogP contribution in [0.3, 0.4) is 0 Å². The number of amides is 1. The number of methoxy groups -OCH3 is 1. The highest BCUT2D eigenvalue weighted by Gasteiger charge is 2.44. The van der Waals surface area contributed by atoms with Gasteiger partial charge < -0.3 is 14.7 Å². The maximum atomic E-state index is 12.9. The smallest absolute Gasteiger partial charge is 0.290 e. The Morgan fingerprint density at radius 1 is 1.21 bits per heavy atom. The van der Waals surface area contributed by atoms with Crippen molar-refractivity contribution in [3.63, 3.8) is 0 Å². The topological polar surface area (TPSA) is 79.7 Å². The summed E-state index contributed by atoms with van der Waals surface area (Å²) in [4.78, 5) is 31.4. The maximum Gasteiger partial charge on any atom is 0.290 e. The van der Waals surface area contributed by atoms with Crippen LogP contribution < -0.4 is 4.74 Å². The molecule has 0 saturated heterocycles. The molecule has 0 radical (unpaired) electrons. The van der Waals surface area contributed by atoms with Gasteiger partial charge >= 0.3 is 0 Å². The van der Waals surface area contributed by atoms with Crippen molar-refractivity contribution in [2.45, 2.75) is 32.9 Å². The number of Topliss-reactive ketones (excluding diaryl/α,β-unsaturated/α-hetero) is 1. The second-order valence-electron chi connectivity index (χ2n) is 7.22. The van der Waals surface area contributed by atoms with Crippen LogP contribution >= 0.6 is 0 Å². The summed E-state index contributed by atoms with van der Waals surface area (Å²) in [5.41, 5.74) is 1.66. The Bertz CT molecular complexity index is 906. The molecule has 1 N–H and O–H groups in total. The van der Waals surface area contributed by atoms with Gasteiger partial charge in [-0.2, -0.15) is 0 Å². The quantitative estimate of drug-likeness (QED) is 0.794. The molecule has 1 amide bonds. The molecular formula is C22H24N2O4. The fourth-order valence-corrected chi connectivity index (χ4v) is 3.48. The molecule has 1 aliphatic rings. The van der Waals surface area contributed by atoms with Crippen LogP contribution in [0, 0.1) is 5.92 Å². The summed E-state index contributed by atoms with van der Waals surface area (Å²) in [5, 5.41) is 10.6. The van der Waals surface area contributed by atoms with Crippen LogP contribution in [0.2, 0.25) is 0 Å². The molecule has 3 rings (SSSR count). The first-order chi connectivity index (χ1) is 13.4. The molecule has 2 heterocycles. The lowest BCUT2D eigenvalue weighted by atomic mass is 9.91. The summed E-state index contributed by atoms with van der Waals surface area (Å²) in [5.74, 6) is -0.593. The number of aliphatic hydroxyl groups is 1. The van der Waals surface area contributed by atoms with Gasteiger partial charge in [-0.05, 0) is 29.7 Å². The number of ether oxygens (including phenoxy) is 1. The molecule has 2 aromatic rings. The van der Waals surface area contributed by atoms with E-state index in [2.05, 4.69) is 4.98 Å². The van der Waals surface area contributed by atoms with Gasteiger partial charge in [-0.3, -0.25) is 14.6 Å². The molecular weight excluding hydrogens is 356 g/mol. The van der Waals surface area contributed by atoms with Crippen molar-refractivity contribution in [2.75, 3.05) is 7.11 Å². The van der Waals surface area contributed by atoms with Crippen LogP contribution in [0.25, 0.3) is 0 Å². The summed E-state index contributed by atoms with van der Waals surface area (Å²) in [6.45, 7) is 4.10. The standard InChI is InChI=1S/C22H24N2O4/c1-14(2)12-17(25)19-20(16-6-4-5-7-18(16)28-3)24(22(27)21(19)26)13-15-8-10-23-11-9-15/h4-11,14,20,26H,12-13H2,1-3H3. The van der Waals surface area contributed by atoms with E-state index < -0.39 is 17.7 Å². The lowest BCUT2D eigenvalue weighted by molar-refractivity contribution is -0.130. The van der Waals surface area contributed by atoms with E-state index >= 15 is 0 Å². The number of hydrogen-bond acceptors (Lipinski definition) is 5. The molecule has 28 heavy (non-hydrogen) atoms. The van der Waals surface area contributed by atoms with Gasteiger partial charge in [-0.1, -0.05) is 32.0 Å². The van der Waals surface area contributed by atoms with E-state index in [-0.39, 0.29) is 30.2 Å². The van der Waals surface area contributed by atoms with E-state index in [1.807, 2.05) is 32.0 Å². The number of nitrogens with zero attached hydrogens (tertiary/aromatic N) is 2. The first-order valence-electron chi connectivity index (χ1n) is 9.23. The van der Waals surface area contributed by atoms with Gasteiger partial charge in [0, 0.05) is 30.9 Å². The van der Waals surface area contributed by atoms with Crippen LogP contribution in [0.4, 0.5) is 0 Å². The van der Waals surface area contributed by atoms with Gasteiger partial charge in [-0.25, -0.2) is 0 Å². The van der Waals surface area contributed by atoms with Crippen molar-refractivity contribution in [1.29, 1.82) is 0 Å². The van der Waals surface area contributed by atoms with Gasteiger partial charge in [0.05, 0.1) is 18.7 Å². The van der Waals surface area contributed by atoms with E-state index in [1.54, 1.807) is 37.7 Å². The van der Waals surface area contributed by atoms with Crippen molar-refractivity contribution < 1.29 is 19.4 Å². The molecule has 0 fully saturated rings. The Balaban J connectivity index is 2.09. The summed E-state index contributed by atoms with van der Waals surface area (Å²) in [7, 11) is 1.54. The van der Waals surface area contributed by atoms with E-state index in [0.29, 0.717) is 11.3 Å². The Morgan fingerprint density at radius 3 is 2.54 bits per heavy atom. The van der Waals surface area contributed by atoms with Crippen LogP contribution in [-0.2, 0) is 16.1 Å². The highest BCUT2D eigenvalue weighted by Crippen LogP contribution is 2.42. The van der Waals surface area contributed by atoms with Gasteiger partial charge in [0.25, 0.3) is 5.91 Å². The zero-order valence-electron chi connectivity index (χ0n) is 16.3. The first kappa shape index (κ1) is 19.6. The monoisotopic (exact) mass is 380 g/mol. The van der Waals surface area contributed by atoms with E-state index in [0.717, 1.165) is 5.56 Å². The largest absolute Gasteiger partial charge is 0.503 e. The van der Waals surface area contributed by atoms with Crippen LogP contribution in [-0.4, -0.2) is 33.8 Å². The predicted molar refractivity (Wildman–Crippen MR) is 105 cm³/mol. The van der Waals surface area contributed by atoms with Crippen molar-refractivity contribution >= 4 is 11.7 Å². The Kier molecular flexibility index (Phi) is 5.78. The fourth-order valence-electron chi connectivity index (χ4n) is 3.48. The highest BCUT2D eigenvalue weighted by atomic mass is 16.5. The SMILES string of the molecule is COc1ccccc1C1C(C(=O)CC(C)C)=C(O)C(=O)N1Cc1ccncc1. The number of carbonyl (C=O) groups is 2. The molecule has 6 nitrogen and oxygen atoms in total. The fraction of sp³-hybridized carbons (Fsp3) is 0.318. The average Bonchev–Trinajstić information content (AvgIpc) is 2.93. The minimum absolute atomic E-state index is 0.107. The zero-order chi connectivity index (χ0) is 20.3.